The molecule has 0 saturated heterocycles. The Hall–Kier alpha value is -4.59. The average Bonchev–Trinajstić information content (AvgIpc) is 3.27. The molecule has 1 N–H and O–H groups in total. The molecule has 0 unspecified atom stereocenters. The summed E-state index contributed by atoms with van der Waals surface area (Å²) in [5, 5.41) is 7.90. The lowest BCUT2D eigenvalue weighted by atomic mass is 10.00. The van der Waals surface area contributed by atoms with Crippen molar-refractivity contribution in [3.8, 4) is 45.5 Å². The fourth-order valence-corrected chi connectivity index (χ4v) is 4.19. The van der Waals surface area contributed by atoms with Gasteiger partial charge in [-0.25, -0.2) is 0 Å². The Morgan fingerprint density at radius 2 is 1.64 bits per heavy atom. The molecule has 0 atom stereocenters. The van der Waals surface area contributed by atoms with Crippen molar-refractivity contribution >= 4 is 17.6 Å². The molecule has 1 amide bonds. The SMILES string of the molecule is COc1ccc(-c2nn(-c3cc(C)ccc3C)c(OC(C)=O)c2-c2ccc(NC(=O)C(C)C)cc2)c(OC)c1. The zero-order valence-corrected chi connectivity index (χ0v) is 23.3. The predicted molar refractivity (Wildman–Crippen MR) is 152 cm³/mol. The van der Waals surface area contributed by atoms with Gasteiger partial charge in [0.1, 0.15) is 17.2 Å². The molecule has 0 spiro atoms. The van der Waals surface area contributed by atoms with Gasteiger partial charge >= 0.3 is 5.97 Å². The maximum absolute atomic E-state index is 12.4. The highest BCUT2D eigenvalue weighted by Gasteiger charge is 2.27. The number of hydrogen-bond donors (Lipinski definition) is 1. The summed E-state index contributed by atoms with van der Waals surface area (Å²) < 4.78 is 18.6. The zero-order valence-electron chi connectivity index (χ0n) is 23.3. The van der Waals surface area contributed by atoms with Crippen LogP contribution in [0.25, 0.3) is 28.1 Å². The summed E-state index contributed by atoms with van der Waals surface area (Å²) in [6, 6.07) is 18.9. The second-order valence-electron chi connectivity index (χ2n) is 9.61. The summed E-state index contributed by atoms with van der Waals surface area (Å²) in [5.41, 5.74) is 6.06. The first-order chi connectivity index (χ1) is 18.6. The van der Waals surface area contributed by atoms with E-state index in [0.717, 1.165) is 22.4 Å². The third kappa shape index (κ3) is 5.80. The number of benzene rings is 3. The van der Waals surface area contributed by atoms with Crippen molar-refractivity contribution in [1.29, 1.82) is 0 Å². The summed E-state index contributed by atoms with van der Waals surface area (Å²) in [7, 11) is 3.17. The molecule has 8 nitrogen and oxygen atoms in total. The molecule has 0 bridgehead atoms. The van der Waals surface area contributed by atoms with Crippen LogP contribution < -0.4 is 19.5 Å². The lowest BCUT2D eigenvalue weighted by Crippen LogP contribution is -2.17. The molecule has 8 heteroatoms. The molecule has 0 aliphatic heterocycles. The monoisotopic (exact) mass is 527 g/mol. The second kappa shape index (κ2) is 11.4. The van der Waals surface area contributed by atoms with Gasteiger partial charge in [-0.05, 0) is 60.9 Å². The average molecular weight is 528 g/mol. The number of carbonyl (C=O) groups excluding carboxylic acids is 2. The van der Waals surface area contributed by atoms with E-state index in [1.54, 1.807) is 25.0 Å². The van der Waals surface area contributed by atoms with E-state index in [1.807, 2.05) is 82.3 Å². The molecule has 202 valence electrons. The number of carbonyl (C=O) groups is 2. The number of anilines is 1. The molecular weight excluding hydrogens is 494 g/mol. The smallest absolute Gasteiger partial charge is 0.309 e. The number of ether oxygens (including phenoxy) is 3. The van der Waals surface area contributed by atoms with Gasteiger partial charge in [0.25, 0.3) is 0 Å². The van der Waals surface area contributed by atoms with Crippen molar-refractivity contribution in [2.45, 2.75) is 34.6 Å². The molecule has 4 aromatic rings. The Bertz CT molecular complexity index is 1520. The number of hydrogen-bond acceptors (Lipinski definition) is 6. The number of amides is 1. The topological polar surface area (TPSA) is 91.7 Å². The van der Waals surface area contributed by atoms with Gasteiger partial charge in [0.2, 0.25) is 11.8 Å². The highest BCUT2D eigenvalue weighted by molar-refractivity contribution is 5.93. The van der Waals surface area contributed by atoms with Crippen LogP contribution in [-0.2, 0) is 9.59 Å². The third-order valence-corrected chi connectivity index (χ3v) is 6.31. The number of aromatic nitrogens is 2. The molecule has 0 aliphatic carbocycles. The Morgan fingerprint density at radius 1 is 0.923 bits per heavy atom. The van der Waals surface area contributed by atoms with Gasteiger partial charge in [0, 0.05) is 30.2 Å². The fourth-order valence-electron chi connectivity index (χ4n) is 4.19. The summed E-state index contributed by atoms with van der Waals surface area (Å²) >= 11 is 0. The fraction of sp³-hybridized carbons (Fsp3) is 0.258. The van der Waals surface area contributed by atoms with Crippen LogP contribution in [0.15, 0.2) is 60.7 Å². The first-order valence-electron chi connectivity index (χ1n) is 12.7. The predicted octanol–water partition coefficient (Wildman–Crippen LogP) is 6.36. The molecule has 0 radical (unpaired) electrons. The molecular formula is C31H33N3O5. The first-order valence-corrected chi connectivity index (χ1v) is 12.7. The lowest BCUT2D eigenvalue weighted by Gasteiger charge is -2.13. The highest BCUT2D eigenvalue weighted by atomic mass is 16.5. The van der Waals surface area contributed by atoms with Crippen LogP contribution in [0, 0.1) is 19.8 Å². The Balaban J connectivity index is 2.01. The number of esters is 1. The van der Waals surface area contributed by atoms with Gasteiger partial charge in [0.05, 0.1) is 25.5 Å². The summed E-state index contributed by atoms with van der Waals surface area (Å²) in [6.45, 7) is 9.02. The highest BCUT2D eigenvalue weighted by Crippen LogP contribution is 2.45. The van der Waals surface area contributed by atoms with Crippen LogP contribution in [0.2, 0.25) is 0 Å². The van der Waals surface area contributed by atoms with E-state index >= 15 is 0 Å². The van der Waals surface area contributed by atoms with Crippen LogP contribution in [0.3, 0.4) is 0 Å². The van der Waals surface area contributed by atoms with Crippen molar-refractivity contribution in [3.63, 3.8) is 0 Å². The quantitative estimate of drug-likeness (QED) is 0.268. The number of nitrogens with one attached hydrogen (secondary N) is 1. The lowest BCUT2D eigenvalue weighted by molar-refractivity contribution is -0.132. The molecule has 1 aromatic heterocycles. The maximum Gasteiger partial charge on any atom is 0.309 e. The van der Waals surface area contributed by atoms with Crippen molar-refractivity contribution in [2.24, 2.45) is 5.92 Å². The van der Waals surface area contributed by atoms with Gasteiger partial charge < -0.3 is 19.5 Å². The molecule has 4 rings (SSSR count). The first kappa shape index (κ1) is 27.4. The Kier molecular flexibility index (Phi) is 8.04. The minimum atomic E-state index is -0.475. The number of nitrogens with zero attached hydrogens (tertiary/aromatic N) is 2. The van der Waals surface area contributed by atoms with E-state index in [0.29, 0.717) is 34.0 Å². The Morgan fingerprint density at radius 3 is 2.26 bits per heavy atom. The molecule has 39 heavy (non-hydrogen) atoms. The van der Waals surface area contributed by atoms with Crippen LogP contribution in [0.5, 0.6) is 17.4 Å². The summed E-state index contributed by atoms with van der Waals surface area (Å²) in [6.07, 6.45) is 0. The molecule has 0 aliphatic rings. The largest absolute Gasteiger partial charge is 0.497 e. The van der Waals surface area contributed by atoms with E-state index in [4.69, 9.17) is 19.3 Å². The molecule has 3 aromatic carbocycles. The zero-order chi connectivity index (χ0) is 28.3. The van der Waals surface area contributed by atoms with E-state index in [-0.39, 0.29) is 17.7 Å². The van der Waals surface area contributed by atoms with Crippen LogP contribution in [-0.4, -0.2) is 35.9 Å². The van der Waals surface area contributed by atoms with Gasteiger partial charge in [-0.1, -0.05) is 38.1 Å². The minimum Gasteiger partial charge on any atom is -0.497 e. The molecule has 0 fully saturated rings. The standard InChI is InChI=1S/C31H33N3O5/c1-18(2)30(36)32-23-12-10-22(11-13-23)28-29(25-15-14-24(37-6)17-27(25)38-7)33-34(31(28)39-21(5)35)26-16-19(3)8-9-20(26)4/h8-18H,1-7H3,(H,32,36). The molecule has 0 saturated carbocycles. The summed E-state index contributed by atoms with van der Waals surface area (Å²) in [4.78, 5) is 24.6. The van der Waals surface area contributed by atoms with E-state index in [9.17, 15) is 9.59 Å². The van der Waals surface area contributed by atoms with Gasteiger partial charge in [-0.3, -0.25) is 9.59 Å². The third-order valence-electron chi connectivity index (χ3n) is 6.31. The minimum absolute atomic E-state index is 0.0743. The van der Waals surface area contributed by atoms with Gasteiger partial charge in [0.15, 0.2) is 0 Å². The van der Waals surface area contributed by atoms with Crippen LogP contribution in [0.4, 0.5) is 5.69 Å². The van der Waals surface area contributed by atoms with Crippen LogP contribution in [0.1, 0.15) is 31.9 Å². The van der Waals surface area contributed by atoms with Crippen molar-refractivity contribution in [2.75, 3.05) is 19.5 Å². The van der Waals surface area contributed by atoms with Gasteiger partial charge in [-0.2, -0.15) is 9.78 Å². The van der Waals surface area contributed by atoms with E-state index in [2.05, 4.69) is 5.32 Å². The van der Waals surface area contributed by atoms with Crippen molar-refractivity contribution in [1.82, 2.24) is 9.78 Å². The molecule has 1 heterocycles. The van der Waals surface area contributed by atoms with E-state index in [1.165, 1.54) is 6.92 Å². The van der Waals surface area contributed by atoms with E-state index < -0.39 is 5.97 Å². The van der Waals surface area contributed by atoms with Crippen molar-refractivity contribution in [3.05, 3.63) is 71.8 Å². The number of aryl methyl sites for hydroxylation is 2. The normalized spacial score (nSPS) is 10.9. The maximum atomic E-state index is 12.4. The van der Waals surface area contributed by atoms with Gasteiger partial charge in [-0.15, -0.1) is 0 Å². The number of methoxy groups -OCH3 is 2. The van der Waals surface area contributed by atoms with Crippen LogP contribution >= 0.6 is 0 Å². The Labute approximate surface area is 228 Å². The number of rotatable bonds is 8. The summed E-state index contributed by atoms with van der Waals surface area (Å²) in [5.74, 6) is 0.771. The van der Waals surface area contributed by atoms with Crippen molar-refractivity contribution < 1.29 is 23.8 Å². The second-order valence-corrected chi connectivity index (χ2v) is 9.61.